The zero-order chi connectivity index (χ0) is 21.8. The van der Waals surface area contributed by atoms with Gasteiger partial charge < -0.3 is 4.90 Å². The lowest BCUT2D eigenvalue weighted by atomic mass is 10.1. The molecule has 4 rings (SSSR count). The molecule has 160 valence electrons. The number of carbonyl (C=O) groups is 2. The summed E-state index contributed by atoms with van der Waals surface area (Å²) in [4.78, 5) is 34.2. The summed E-state index contributed by atoms with van der Waals surface area (Å²) in [7, 11) is 2.81. The summed E-state index contributed by atoms with van der Waals surface area (Å²) in [6.07, 6.45) is -1.64. The maximum absolute atomic E-state index is 13.3. The van der Waals surface area contributed by atoms with E-state index in [-0.39, 0.29) is 5.84 Å². The Morgan fingerprint density at radius 3 is 2.37 bits per heavy atom. The molecule has 0 radical (unpaired) electrons. The summed E-state index contributed by atoms with van der Waals surface area (Å²) < 4.78 is 41.5. The van der Waals surface area contributed by atoms with E-state index in [1.54, 1.807) is 14.2 Å². The molecule has 2 saturated heterocycles. The van der Waals surface area contributed by atoms with E-state index < -0.39 is 29.7 Å². The van der Waals surface area contributed by atoms with Crippen molar-refractivity contribution in [2.45, 2.75) is 12.2 Å². The molecule has 1 N–H and O–H groups in total. The first kappa shape index (κ1) is 20.1. The number of urea groups is 1. The molecule has 0 spiro atoms. The second kappa shape index (κ2) is 6.97. The number of aromatic nitrogens is 2. The number of nitrogens with zero attached hydrogens (tertiary/aromatic N) is 6. The molecule has 2 aliphatic rings. The van der Waals surface area contributed by atoms with Crippen LogP contribution in [0.2, 0.25) is 0 Å². The number of amides is 3. The summed E-state index contributed by atoms with van der Waals surface area (Å²) in [6, 6.07) is 0.691. The smallest absolute Gasteiger partial charge is 0.355 e. The first-order chi connectivity index (χ1) is 14.1. The zero-order valence-corrected chi connectivity index (χ0v) is 16.3. The van der Waals surface area contributed by atoms with E-state index in [0.717, 1.165) is 21.9 Å². The number of imide groups is 1. The third kappa shape index (κ3) is 3.16. The Hall–Kier alpha value is -3.15. The molecule has 0 aromatic carbocycles. The largest absolute Gasteiger partial charge is 0.416 e. The van der Waals surface area contributed by atoms with Crippen molar-refractivity contribution >= 4 is 29.1 Å². The van der Waals surface area contributed by atoms with Crippen molar-refractivity contribution in [1.29, 1.82) is 5.41 Å². The predicted molar refractivity (Wildman–Crippen MR) is 101 cm³/mol. The van der Waals surface area contributed by atoms with Gasteiger partial charge in [0.1, 0.15) is 24.0 Å². The number of halogens is 3. The number of pyridine rings is 1. The number of fused-ring (bicyclic) bond motifs is 1. The quantitative estimate of drug-likeness (QED) is 0.788. The van der Waals surface area contributed by atoms with Crippen molar-refractivity contribution in [1.82, 2.24) is 24.1 Å². The zero-order valence-electron chi connectivity index (χ0n) is 16.3. The summed E-state index contributed by atoms with van der Waals surface area (Å²) in [5.41, 5.74) is -0.410. The van der Waals surface area contributed by atoms with Crippen LogP contribution in [0.25, 0.3) is 5.52 Å². The molecule has 0 aliphatic carbocycles. The molecule has 1 atom stereocenters. The molecule has 2 fully saturated rings. The van der Waals surface area contributed by atoms with Crippen LogP contribution >= 0.6 is 0 Å². The molecule has 1 unspecified atom stereocenters. The lowest BCUT2D eigenvalue weighted by Gasteiger charge is -2.44. The SMILES string of the molecule is CN1C(=N)C(N2CCN(c3cc(C(F)(F)F)cc4cncn34)CC2)C(=O)N(C)C1=O. The summed E-state index contributed by atoms with van der Waals surface area (Å²) in [5, 5.41) is 8.20. The number of alkyl halides is 3. The molecule has 12 heteroatoms. The number of hydrogen-bond donors (Lipinski definition) is 1. The molecule has 2 aromatic heterocycles. The minimum Gasteiger partial charge on any atom is -0.355 e. The average Bonchev–Trinajstić information content (AvgIpc) is 3.19. The Kier molecular flexibility index (Phi) is 4.68. The van der Waals surface area contributed by atoms with Crippen LogP contribution in [0.3, 0.4) is 0 Å². The first-order valence-corrected chi connectivity index (χ1v) is 9.25. The van der Waals surface area contributed by atoms with Gasteiger partial charge in [-0.15, -0.1) is 0 Å². The molecule has 0 bridgehead atoms. The second-order valence-electron chi connectivity index (χ2n) is 7.34. The van der Waals surface area contributed by atoms with Gasteiger partial charge in [0, 0.05) is 40.3 Å². The van der Waals surface area contributed by atoms with E-state index in [1.165, 1.54) is 26.6 Å². The van der Waals surface area contributed by atoms with E-state index in [0.29, 0.717) is 37.5 Å². The van der Waals surface area contributed by atoms with Crippen LogP contribution < -0.4 is 4.90 Å². The normalized spacial score (nSPS) is 21.8. The van der Waals surface area contributed by atoms with Gasteiger partial charge in [0.25, 0.3) is 5.91 Å². The monoisotopic (exact) mass is 423 g/mol. The van der Waals surface area contributed by atoms with Gasteiger partial charge in [-0.25, -0.2) is 9.78 Å². The number of likely N-dealkylation sites (N-methyl/N-ethyl adjacent to an activating group) is 2. The van der Waals surface area contributed by atoms with E-state index in [4.69, 9.17) is 5.41 Å². The van der Waals surface area contributed by atoms with Gasteiger partial charge in [-0.05, 0) is 12.1 Å². The fourth-order valence-corrected chi connectivity index (χ4v) is 3.86. The minimum absolute atomic E-state index is 0.104. The van der Waals surface area contributed by atoms with Crippen molar-refractivity contribution in [3.63, 3.8) is 0 Å². The summed E-state index contributed by atoms with van der Waals surface area (Å²) >= 11 is 0. The van der Waals surface area contributed by atoms with E-state index >= 15 is 0 Å². The van der Waals surface area contributed by atoms with Gasteiger partial charge in [-0.3, -0.25) is 29.3 Å². The fraction of sp³-hybridized carbons (Fsp3) is 0.444. The molecular formula is C18H20F3N7O2. The van der Waals surface area contributed by atoms with Crippen molar-refractivity contribution < 1.29 is 22.8 Å². The van der Waals surface area contributed by atoms with E-state index in [1.807, 2.05) is 0 Å². The number of carbonyl (C=O) groups excluding carboxylic acids is 2. The van der Waals surface area contributed by atoms with Crippen LogP contribution in [0.4, 0.5) is 23.8 Å². The molecule has 30 heavy (non-hydrogen) atoms. The van der Waals surface area contributed by atoms with Crippen molar-refractivity contribution in [2.24, 2.45) is 0 Å². The van der Waals surface area contributed by atoms with Gasteiger partial charge in [0.05, 0.1) is 17.3 Å². The van der Waals surface area contributed by atoms with Gasteiger partial charge >= 0.3 is 12.2 Å². The highest BCUT2D eigenvalue weighted by Gasteiger charge is 2.44. The van der Waals surface area contributed by atoms with Crippen LogP contribution in [0.15, 0.2) is 24.7 Å². The number of imidazole rings is 1. The first-order valence-electron chi connectivity index (χ1n) is 9.25. The van der Waals surface area contributed by atoms with Gasteiger partial charge in [-0.2, -0.15) is 13.2 Å². The lowest BCUT2D eigenvalue weighted by Crippen LogP contribution is -2.66. The molecule has 4 heterocycles. The molecular weight excluding hydrogens is 403 g/mol. The minimum atomic E-state index is -4.48. The lowest BCUT2D eigenvalue weighted by molar-refractivity contribution is -0.137. The Labute approximate surface area is 169 Å². The number of rotatable bonds is 2. The Bertz CT molecular complexity index is 1000. The van der Waals surface area contributed by atoms with Crippen molar-refractivity contribution in [3.8, 4) is 0 Å². The Balaban J connectivity index is 1.57. The number of nitrogens with one attached hydrogen (secondary N) is 1. The third-order valence-corrected chi connectivity index (χ3v) is 5.59. The second-order valence-corrected chi connectivity index (χ2v) is 7.34. The summed E-state index contributed by atoms with van der Waals surface area (Å²) in [5.74, 6) is -0.216. The van der Waals surface area contributed by atoms with Crippen molar-refractivity contribution in [2.75, 3.05) is 45.2 Å². The van der Waals surface area contributed by atoms with Crippen LogP contribution in [0.1, 0.15) is 5.56 Å². The number of anilines is 1. The van der Waals surface area contributed by atoms with Gasteiger partial charge in [-0.1, -0.05) is 0 Å². The standard InChI is InChI=1S/C18H20F3N7O2/c1-24-15(22)14(16(29)25(2)17(24)30)27-5-3-26(4-6-27)13-8-11(18(19,20)21)7-12-9-23-10-28(12)13/h7-10,14,22H,3-6H2,1-2H3. The number of hydrogen-bond acceptors (Lipinski definition) is 6. The van der Waals surface area contributed by atoms with Crippen LogP contribution in [-0.4, -0.2) is 88.2 Å². The molecule has 9 nitrogen and oxygen atoms in total. The van der Waals surface area contributed by atoms with Crippen LogP contribution in [0, 0.1) is 5.41 Å². The number of amidine groups is 1. The maximum atomic E-state index is 13.3. The molecule has 0 saturated carbocycles. The fourth-order valence-electron chi connectivity index (χ4n) is 3.86. The molecule has 2 aliphatic heterocycles. The maximum Gasteiger partial charge on any atom is 0.416 e. The van der Waals surface area contributed by atoms with Crippen molar-refractivity contribution in [3.05, 3.63) is 30.2 Å². The highest BCUT2D eigenvalue weighted by atomic mass is 19.4. The Morgan fingerprint density at radius 1 is 1.07 bits per heavy atom. The average molecular weight is 423 g/mol. The summed E-state index contributed by atoms with van der Waals surface area (Å²) in [6.45, 7) is 1.40. The topological polar surface area (TPSA) is 88.2 Å². The van der Waals surface area contributed by atoms with E-state index in [2.05, 4.69) is 4.98 Å². The Morgan fingerprint density at radius 2 is 1.73 bits per heavy atom. The highest BCUT2D eigenvalue weighted by Crippen LogP contribution is 2.33. The van der Waals surface area contributed by atoms with Gasteiger partial charge in [0.15, 0.2) is 0 Å². The van der Waals surface area contributed by atoms with Gasteiger partial charge in [0.2, 0.25) is 0 Å². The van der Waals surface area contributed by atoms with Crippen LogP contribution in [0.5, 0.6) is 0 Å². The highest BCUT2D eigenvalue weighted by molar-refractivity contribution is 6.19. The molecule has 3 amide bonds. The van der Waals surface area contributed by atoms with Crippen LogP contribution in [-0.2, 0) is 11.0 Å². The molecule has 2 aromatic rings. The van der Waals surface area contributed by atoms with E-state index in [9.17, 15) is 22.8 Å². The predicted octanol–water partition coefficient (Wildman–Crippen LogP) is 1.34. The number of piperazine rings is 1. The third-order valence-electron chi connectivity index (χ3n) is 5.59.